The molecule has 168 valence electrons. The number of aryl methyl sites for hydroxylation is 2. The summed E-state index contributed by atoms with van der Waals surface area (Å²) in [6.45, 7) is 3.92. The van der Waals surface area contributed by atoms with Crippen LogP contribution in [0.5, 0.6) is 17.4 Å². The number of sulfonamides is 1. The summed E-state index contributed by atoms with van der Waals surface area (Å²) in [6, 6.07) is 22.7. The van der Waals surface area contributed by atoms with Gasteiger partial charge in [-0.2, -0.15) is 4.98 Å². The smallest absolute Gasteiger partial charge is 0.264 e. The molecule has 0 radical (unpaired) electrons. The van der Waals surface area contributed by atoms with Gasteiger partial charge in [0.25, 0.3) is 10.0 Å². The highest BCUT2D eigenvalue weighted by Crippen LogP contribution is 2.36. The molecule has 0 aliphatic carbocycles. The molecule has 8 heteroatoms. The zero-order valence-electron chi connectivity index (χ0n) is 18.4. The van der Waals surface area contributed by atoms with Gasteiger partial charge in [0, 0.05) is 11.6 Å². The Morgan fingerprint density at radius 2 is 1.52 bits per heavy atom. The summed E-state index contributed by atoms with van der Waals surface area (Å²) >= 11 is 0. The van der Waals surface area contributed by atoms with Crippen LogP contribution < -0.4 is 14.2 Å². The van der Waals surface area contributed by atoms with Crippen LogP contribution in [-0.2, 0) is 10.0 Å². The fourth-order valence-corrected chi connectivity index (χ4v) is 4.42. The van der Waals surface area contributed by atoms with Gasteiger partial charge in [-0.15, -0.1) is 0 Å². The topological polar surface area (TPSA) is 90.4 Å². The lowest BCUT2D eigenvalue weighted by Gasteiger charge is -2.15. The van der Waals surface area contributed by atoms with Crippen LogP contribution in [0.2, 0.25) is 0 Å². The van der Waals surface area contributed by atoms with Gasteiger partial charge in [-0.1, -0.05) is 42.5 Å². The van der Waals surface area contributed by atoms with E-state index in [0.717, 1.165) is 16.7 Å². The fourth-order valence-electron chi connectivity index (χ4n) is 3.46. The van der Waals surface area contributed by atoms with Gasteiger partial charge in [0.1, 0.15) is 11.5 Å². The molecule has 1 heterocycles. The van der Waals surface area contributed by atoms with Gasteiger partial charge in [0.05, 0.1) is 17.7 Å². The molecule has 0 aliphatic rings. The van der Waals surface area contributed by atoms with E-state index in [9.17, 15) is 8.42 Å². The lowest BCUT2D eigenvalue weighted by Crippen LogP contribution is -2.15. The predicted molar refractivity (Wildman–Crippen MR) is 127 cm³/mol. The zero-order valence-corrected chi connectivity index (χ0v) is 19.3. The number of rotatable bonds is 7. The molecule has 0 bridgehead atoms. The van der Waals surface area contributed by atoms with Crippen molar-refractivity contribution in [1.29, 1.82) is 0 Å². The number of ether oxygens (including phenoxy) is 2. The predicted octanol–water partition coefficient (Wildman–Crippen LogP) is 5.36. The molecular weight excluding hydrogens is 438 g/mol. The second-order valence-corrected chi connectivity index (χ2v) is 9.09. The summed E-state index contributed by atoms with van der Waals surface area (Å²) < 4.78 is 39.8. The van der Waals surface area contributed by atoms with Gasteiger partial charge >= 0.3 is 0 Å². The molecule has 1 aromatic heterocycles. The lowest BCUT2D eigenvalue weighted by molar-refractivity contribution is 0.415. The van der Waals surface area contributed by atoms with Crippen LogP contribution in [0.25, 0.3) is 11.3 Å². The third kappa shape index (κ3) is 5.12. The van der Waals surface area contributed by atoms with Crippen molar-refractivity contribution in [2.45, 2.75) is 18.7 Å². The third-order valence-electron chi connectivity index (χ3n) is 4.87. The van der Waals surface area contributed by atoms with E-state index in [-0.39, 0.29) is 16.7 Å². The number of hydrogen-bond acceptors (Lipinski definition) is 6. The van der Waals surface area contributed by atoms with Crippen molar-refractivity contribution in [3.63, 3.8) is 0 Å². The normalized spacial score (nSPS) is 11.1. The van der Waals surface area contributed by atoms with E-state index < -0.39 is 10.0 Å². The van der Waals surface area contributed by atoms with E-state index in [1.165, 1.54) is 12.1 Å². The van der Waals surface area contributed by atoms with Crippen LogP contribution in [-0.4, -0.2) is 25.5 Å². The van der Waals surface area contributed by atoms with E-state index in [4.69, 9.17) is 9.47 Å². The molecule has 0 spiro atoms. The summed E-state index contributed by atoms with van der Waals surface area (Å²) in [5, 5.41) is 0. The number of nitrogens with zero attached hydrogens (tertiary/aromatic N) is 2. The van der Waals surface area contributed by atoms with Crippen LogP contribution >= 0.6 is 0 Å². The molecule has 0 saturated carbocycles. The first kappa shape index (κ1) is 22.3. The Kier molecular flexibility index (Phi) is 6.28. The molecule has 0 saturated heterocycles. The highest BCUT2D eigenvalue weighted by Gasteiger charge is 2.20. The third-order valence-corrected chi connectivity index (χ3v) is 6.21. The molecule has 3 aromatic carbocycles. The first-order valence-corrected chi connectivity index (χ1v) is 11.7. The second-order valence-electron chi connectivity index (χ2n) is 7.41. The maximum atomic E-state index is 12.9. The van der Waals surface area contributed by atoms with Crippen LogP contribution in [0.3, 0.4) is 0 Å². The van der Waals surface area contributed by atoms with Crippen molar-refractivity contribution in [2.24, 2.45) is 0 Å². The zero-order chi connectivity index (χ0) is 23.4. The minimum absolute atomic E-state index is 0.105. The number of benzene rings is 3. The Labute approximate surface area is 193 Å². The van der Waals surface area contributed by atoms with E-state index in [2.05, 4.69) is 14.7 Å². The minimum Gasteiger partial charge on any atom is -0.496 e. The van der Waals surface area contributed by atoms with Crippen molar-refractivity contribution in [3.05, 3.63) is 90.0 Å². The maximum absolute atomic E-state index is 12.9. The monoisotopic (exact) mass is 461 g/mol. The fraction of sp³-hybridized carbons (Fsp3) is 0.120. The van der Waals surface area contributed by atoms with Gasteiger partial charge in [-0.3, -0.25) is 0 Å². The summed E-state index contributed by atoms with van der Waals surface area (Å²) in [7, 11) is -2.31. The molecule has 0 aliphatic heterocycles. The Bertz CT molecular complexity index is 1380. The Hall–Kier alpha value is -3.91. The molecular formula is C25H23N3O4S. The summed E-state index contributed by atoms with van der Waals surface area (Å²) in [6.07, 6.45) is 0. The Balaban J connectivity index is 1.83. The van der Waals surface area contributed by atoms with Gasteiger partial charge in [0.15, 0.2) is 0 Å². The van der Waals surface area contributed by atoms with E-state index in [1.54, 1.807) is 43.5 Å². The Morgan fingerprint density at radius 3 is 2.18 bits per heavy atom. The van der Waals surface area contributed by atoms with Gasteiger partial charge in [-0.25, -0.2) is 18.1 Å². The minimum atomic E-state index is -3.90. The summed E-state index contributed by atoms with van der Waals surface area (Å²) in [5.41, 5.74) is 3.15. The van der Waals surface area contributed by atoms with Crippen LogP contribution in [0.1, 0.15) is 11.1 Å². The quantitative estimate of drug-likeness (QED) is 0.398. The molecule has 4 aromatic rings. The maximum Gasteiger partial charge on any atom is 0.264 e. The van der Waals surface area contributed by atoms with Gasteiger partial charge < -0.3 is 9.47 Å². The van der Waals surface area contributed by atoms with E-state index in [0.29, 0.717) is 17.2 Å². The highest BCUT2D eigenvalue weighted by atomic mass is 32.2. The van der Waals surface area contributed by atoms with Crippen LogP contribution in [0, 0.1) is 13.8 Å². The molecule has 7 nitrogen and oxygen atoms in total. The highest BCUT2D eigenvalue weighted by molar-refractivity contribution is 7.92. The van der Waals surface area contributed by atoms with Gasteiger partial charge in [0.2, 0.25) is 11.8 Å². The number of anilines is 1. The number of nitrogens with one attached hydrogen (secondary N) is 1. The lowest BCUT2D eigenvalue weighted by atomic mass is 10.0. The summed E-state index contributed by atoms with van der Waals surface area (Å²) in [5.74, 6) is 1.27. The van der Waals surface area contributed by atoms with Gasteiger partial charge in [-0.05, 0) is 55.3 Å². The molecule has 0 unspecified atom stereocenters. The summed E-state index contributed by atoms with van der Waals surface area (Å²) in [4.78, 5) is 8.90. The van der Waals surface area contributed by atoms with Crippen LogP contribution in [0.4, 0.5) is 5.95 Å². The van der Waals surface area contributed by atoms with Crippen molar-refractivity contribution >= 4 is 16.0 Å². The molecule has 4 rings (SSSR count). The average molecular weight is 462 g/mol. The molecule has 33 heavy (non-hydrogen) atoms. The van der Waals surface area contributed by atoms with Crippen molar-refractivity contribution in [1.82, 2.24) is 9.97 Å². The van der Waals surface area contributed by atoms with E-state index >= 15 is 0 Å². The number of hydrogen-bond donors (Lipinski definition) is 1. The number of methoxy groups -OCH3 is 1. The SMILES string of the molecule is COc1cc(C)cc(C)c1-c1cc(Oc2ccccc2)nc(NS(=O)(=O)c2ccccc2)n1. The Morgan fingerprint density at radius 1 is 0.848 bits per heavy atom. The first-order chi connectivity index (χ1) is 15.9. The largest absolute Gasteiger partial charge is 0.496 e. The van der Waals surface area contributed by atoms with Crippen molar-refractivity contribution in [2.75, 3.05) is 11.8 Å². The number of para-hydroxylation sites is 1. The second kappa shape index (κ2) is 9.30. The molecule has 0 fully saturated rings. The first-order valence-electron chi connectivity index (χ1n) is 10.2. The van der Waals surface area contributed by atoms with E-state index in [1.807, 2.05) is 44.2 Å². The molecule has 1 N–H and O–H groups in total. The van der Waals surface area contributed by atoms with Crippen molar-refractivity contribution in [3.8, 4) is 28.6 Å². The molecule has 0 atom stereocenters. The number of aromatic nitrogens is 2. The van der Waals surface area contributed by atoms with Crippen molar-refractivity contribution < 1.29 is 17.9 Å². The molecule has 0 amide bonds. The standard InChI is InChI=1S/C25H23N3O4S/c1-17-14-18(2)24(22(15-17)31-3)21-16-23(32-19-10-6-4-7-11-19)27-25(26-21)28-33(29,30)20-12-8-5-9-13-20/h4-16H,1-3H3,(H,26,27,28). The van der Waals surface area contributed by atoms with Crippen LogP contribution in [0.15, 0.2) is 83.8 Å². The average Bonchev–Trinajstić information content (AvgIpc) is 2.79.